The Balaban J connectivity index is 2.21. The van der Waals surface area contributed by atoms with Gasteiger partial charge in [-0.2, -0.15) is 10.4 Å². The van der Waals surface area contributed by atoms with Crippen LogP contribution in [0, 0.1) is 28.4 Å². The summed E-state index contributed by atoms with van der Waals surface area (Å²) in [4.78, 5) is 10.5. The summed E-state index contributed by atoms with van der Waals surface area (Å²) in [6.45, 7) is 3.28. The van der Waals surface area contributed by atoms with Gasteiger partial charge in [0.1, 0.15) is 6.07 Å². The first kappa shape index (κ1) is 13.3. The van der Waals surface area contributed by atoms with Crippen molar-refractivity contribution in [3.63, 3.8) is 0 Å². The average molecular weight is 283 g/mol. The number of hydrogen-bond donors (Lipinski definition) is 1. The van der Waals surface area contributed by atoms with Crippen LogP contribution in [0.3, 0.4) is 0 Å². The number of nitriles is 1. The number of rotatable bonds is 2. The van der Waals surface area contributed by atoms with Crippen molar-refractivity contribution in [3.8, 4) is 11.8 Å². The molecule has 1 aliphatic rings. The second-order valence-electron chi connectivity index (χ2n) is 4.95. The third-order valence-electron chi connectivity index (χ3n) is 3.67. The topological polar surface area (TPSA) is 96.8 Å². The van der Waals surface area contributed by atoms with Crippen molar-refractivity contribution < 1.29 is 4.92 Å². The Morgan fingerprint density at radius 1 is 1.52 bits per heavy atom. The molecule has 1 N–H and O–H groups in total. The van der Waals surface area contributed by atoms with Crippen molar-refractivity contribution in [1.29, 1.82) is 5.26 Å². The minimum atomic E-state index is -0.425. The molecule has 7 nitrogen and oxygen atoms in total. The Morgan fingerprint density at radius 2 is 2.33 bits per heavy atom. The second-order valence-corrected chi connectivity index (χ2v) is 4.95. The fraction of sp³-hybridized carbons (Fsp3) is 0.286. The van der Waals surface area contributed by atoms with Crippen LogP contribution in [-0.4, -0.2) is 21.2 Å². The van der Waals surface area contributed by atoms with Crippen LogP contribution in [0.4, 0.5) is 5.69 Å². The predicted molar refractivity (Wildman–Crippen MR) is 75.1 cm³/mol. The molecule has 0 amide bonds. The van der Waals surface area contributed by atoms with Crippen LogP contribution in [0.2, 0.25) is 0 Å². The monoisotopic (exact) mass is 283 g/mol. The van der Waals surface area contributed by atoms with Gasteiger partial charge in [0.05, 0.1) is 16.3 Å². The lowest BCUT2D eigenvalue weighted by Crippen LogP contribution is -2.25. The number of nitrogens with zero attached hydrogens (tertiary/aromatic N) is 4. The van der Waals surface area contributed by atoms with E-state index in [9.17, 15) is 15.4 Å². The van der Waals surface area contributed by atoms with Gasteiger partial charge in [0.25, 0.3) is 5.69 Å². The third-order valence-corrected chi connectivity index (χ3v) is 3.67. The zero-order valence-electron chi connectivity index (χ0n) is 11.5. The van der Waals surface area contributed by atoms with E-state index >= 15 is 0 Å². The highest BCUT2D eigenvalue weighted by Gasteiger charge is 2.23. The number of aromatic nitrogens is 2. The summed E-state index contributed by atoms with van der Waals surface area (Å²) in [5.41, 5.74) is 3.77. The van der Waals surface area contributed by atoms with Crippen LogP contribution < -0.4 is 5.32 Å². The van der Waals surface area contributed by atoms with Crippen molar-refractivity contribution in [2.24, 2.45) is 0 Å². The van der Waals surface area contributed by atoms with Crippen LogP contribution in [0.5, 0.6) is 0 Å². The molecule has 1 aromatic heterocycles. The zero-order chi connectivity index (χ0) is 15.0. The molecule has 106 valence electrons. The van der Waals surface area contributed by atoms with Crippen molar-refractivity contribution >= 4 is 5.69 Å². The largest absolute Gasteiger partial charge is 0.312 e. The maximum Gasteiger partial charge on any atom is 0.271 e. The molecule has 0 bridgehead atoms. The van der Waals surface area contributed by atoms with Gasteiger partial charge in [-0.1, -0.05) is 6.07 Å². The molecule has 0 atom stereocenters. The first-order chi connectivity index (χ1) is 10.1. The van der Waals surface area contributed by atoms with E-state index in [4.69, 9.17) is 0 Å². The number of nitro groups is 1. The van der Waals surface area contributed by atoms with Gasteiger partial charge in [-0.15, -0.1) is 0 Å². The number of fused-ring (bicyclic) bond motifs is 1. The first-order valence-electron chi connectivity index (χ1n) is 6.59. The van der Waals surface area contributed by atoms with Crippen LogP contribution in [0.25, 0.3) is 5.69 Å². The van der Waals surface area contributed by atoms with Crippen molar-refractivity contribution in [2.75, 3.05) is 6.54 Å². The van der Waals surface area contributed by atoms with E-state index in [2.05, 4.69) is 16.5 Å². The average Bonchev–Trinajstić information content (AvgIpc) is 2.86. The second kappa shape index (κ2) is 5.00. The molecular formula is C14H13N5O2. The van der Waals surface area contributed by atoms with Crippen LogP contribution >= 0.6 is 0 Å². The molecule has 3 rings (SSSR count). The van der Waals surface area contributed by atoms with Crippen molar-refractivity contribution in [1.82, 2.24) is 15.1 Å². The number of aryl methyl sites for hydroxylation is 1. The van der Waals surface area contributed by atoms with Gasteiger partial charge >= 0.3 is 0 Å². The highest BCUT2D eigenvalue weighted by atomic mass is 16.6. The fourth-order valence-corrected chi connectivity index (χ4v) is 2.58. The van der Waals surface area contributed by atoms with Gasteiger partial charge in [-0.25, -0.2) is 4.68 Å². The van der Waals surface area contributed by atoms with Gasteiger partial charge in [0.2, 0.25) is 0 Å². The van der Waals surface area contributed by atoms with Crippen molar-refractivity contribution in [3.05, 3.63) is 50.8 Å². The lowest BCUT2D eigenvalue weighted by Gasteiger charge is -2.16. The smallest absolute Gasteiger partial charge is 0.271 e. The van der Waals surface area contributed by atoms with Gasteiger partial charge in [0.15, 0.2) is 5.69 Å². The van der Waals surface area contributed by atoms with Gasteiger partial charge in [-0.3, -0.25) is 10.1 Å². The summed E-state index contributed by atoms with van der Waals surface area (Å²) in [6.07, 6.45) is 0.742. The predicted octanol–water partition coefficient (Wildman–Crippen LogP) is 1.61. The molecule has 1 aliphatic heterocycles. The third kappa shape index (κ3) is 2.15. The minimum absolute atomic E-state index is 0.0206. The molecule has 1 aromatic carbocycles. The first-order valence-corrected chi connectivity index (χ1v) is 6.59. The van der Waals surface area contributed by atoms with E-state index in [0.717, 1.165) is 29.8 Å². The Bertz CT molecular complexity index is 772. The summed E-state index contributed by atoms with van der Waals surface area (Å²) in [7, 11) is 0. The molecule has 0 aliphatic carbocycles. The highest BCUT2D eigenvalue weighted by molar-refractivity contribution is 5.51. The van der Waals surface area contributed by atoms with E-state index in [1.165, 1.54) is 12.1 Å². The summed E-state index contributed by atoms with van der Waals surface area (Å²) in [6, 6.07) is 6.78. The summed E-state index contributed by atoms with van der Waals surface area (Å²) >= 11 is 0. The molecular weight excluding hydrogens is 270 g/mol. The van der Waals surface area contributed by atoms with E-state index in [-0.39, 0.29) is 5.69 Å². The zero-order valence-corrected chi connectivity index (χ0v) is 11.5. The molecule has 0 fully saturated rings. The SMILES string of the molecule is Cc1ccc([N+](=O)[O-])cc1-n1nc(C#N)c2c1CCNC2. The maximum atomic E-state index is 11.0. The summed E-state index contributed by atoms with van der Waals surface area (Å²) < 4.78 is 1.68. The molecule has 0 radical (unpaired) electrons. The van der Waals surface area contributed by atoms with Gasteiger partial charge in [0, 0.05) is 37.2 Å². The maximum absolute atomic E-state index is 11.0. The number of nitro benzene ring substituents is 1. The number of non-ortho nitro benzene ring substituents is 1. The van der Waals surface area contributed by atoms with Gasteiger partial charge < -0.3 is 5.32 Å². The molecule has 0 saturated carbocycles. The number of nitrogens with one attached hydrogen (secondary N) is 1. The van der Waals surface area contributed by atoms with E-state index in [0.29, 0.717) is 17.9 Å². The molecule has 0 saturated heterocycles. The Kier molecular flexibility index (Phi) is 3.16. The normalized spacial score (nSPS) is 13.5. The molecule has 21 heavy (non-hydrogen) atoms. The molecule has 7 heteroatoms. The van der Waals surface area contributed by atoms with E-state index in [1.807, 2.05) is 6.92 Å². The summed E-state index contributed by atoms with van der Waals surface area (Å²) in [5, 5.41) is 27.7. The molecule has 0 spiro atoms. The van der Waals surface area contributed by atoms with E-state index < -0.39 is 4.92 Å². The standard InChI is InChI=1S/C14H13N5O2/c1-9-2-3-10(19(20)21)6-14(9)18-13-4-5-16-8-11(13)12(7-15)17-18/h2-3,6,16H,4-5,8H2,1H3. The lowest BCUT2D eigenvalue weighted by molar-refractivity contribution is -0.384. The van der Waals surface area contributed by atoms with Crippen molar-refractivity contribution in [2.45, 2.75) is 19.9 Å². The fourth-order valence-electron chi connectivity index (χ4n) is 2.58. The lowest BCUT2D eigenvalue weighted by atomic mass is 10.1. The molecule has 2 heterocycles. The minimum Gasteiger partial charge on any atom is -0.312 e. The highest BCUT2D eigenvalue weighted by Crippen LogP contribution is 2.26. The Morgan fingerprint density at radius 3 is 3.05 bits per heavy atom. The number of hydrogen-bond acceptors (Lipinski definition) is 5. The summed E-state index contributed by atoms with van der Waals surface area (Å²) in [5.74, 6) is 0. The molecule has 0 unspecified atom stereocenters. The van der Waals surface area contributed by atoms with Crippen LogP contribution in [0.15, 0.2) is 18.2 Å². The van der Waals surface area contributed by atoms with Gasteiger partial charge in [-0.05, 0) is 12.5 Å². The Hall–Kier alpha value is -2.72. The van der Waals surface area contributed by atoms with Crippen LogP contribution in [0.1, 0.15) is 22.5 Å². The van der Waals surface area contributed by atoms with Crippen LogP contribution in [-0.2, 0) is 13.0 Å². The Labute approximate surface area is 121 Å². The van der Waals surface area contributed by atoms with E-state index in [1.54, 1.807) is 10.7 Å². The molecule has 2 aromatic rings. The number of benzene rings is 1. The quantitative estimate of drug-likeness (QED) is 0.667.